The maximum absolute atomic E-state index is 12.4. The Morgan fingerprint density at radius 2 is 2.00 bits per heavy atom. The number of thiol groups is 1. The van der Waals surface area contributed by atoms with Crippen LogP contribution in [0.1, 0.15) is 20.3 Å². The lowest BCUT2D eigenvalue weighted by atomic mass is 10.1. The Morgan fingerprint density at radius 1 is 1.35 bits per heavy atom. The summed E-state index contributed by atoms with van der Waals surface area (Å²) in [5.41, 5.74) is 0.496. The molecule has 1 amide bonds. The zero-order valence-electron chi connectivity index (χ0n) is 11.6. The molecule has 0 N–H and O–H groups in total. The number of carbonyl (C=O) groups is 1. The van der Waals surface area contributed by atoms with E-state index in [4.69, 9.17) is 0 Å². The minimum Gasteiger partial charge on any atom is -0.311 e. The molecular weight excluding hydrogens is 294 g/mol. The fraction of sp³-hybridized carbons (Fsp3) is 0.500. The van der Waals surface area contributed by atoms with Crippen LogP contribution in [0.4, 0.5) is 5.69 Å². The zero-order chi connectivity index (χ0) is 14.9. The molecule has 110 valence electrons. The molecule has 0 aliphatic carbocycles. The quantitative estimate of drug-likeness (QED) is 0.867. The lowest BCUT2D eigenvalue weighted by Gasteiger charge is -2.21. The van der Waals surface area contributed by atoms with E-state index in [1.165, 1.54) is 0 Å². The van der Waals surface area contributed by atoms with Gasteiger partial charge in [0.15, 0.2) is 9.84 Å². The summed E-state index contributed by atoms with van der Waals surface area (Å²) in [6, 6.07) is 6.73. The van der Waals surface area contributed by atoms with Crippen LogP contribution < -0.4 is 4.90 Å². The number of benzene rings is 1. The predicted octanol–water partition coefficient (Wildman–Crippen LogP) is 2.15. The van der Waals surface area contributed by atoms with Crippen molar-refractivity contribution in [2.24, 2.45) is 5.92 Å². The molecule has 1 aromatic rings. The molecule has 0 aromatic heterocycles. The molecule has 1 aromatic carbocycles. The lowest BCUT2D eigenvalue weighted by Crippen LogP contribution is -2.27. The summed E-state index contributed by atoms with van der Waals surface area (Å²) in [4.78, 5) is 13.9. The smallest absolute Gasteiger partial charge is 0.227 e. The van der Waals surface area contributed by atoms with Crippen LogP contribution in [0.25, 0.3) is 0 Å². The van der Waals surface area contributed by atoms with Gasteiger partial charge in [-0.05, 0) is 37.7 Å². The minimum atomic E-state index is -3.41. The van der Waals surface area contributed by atoms with Gasteiger partial charge in [-0.15, -0.1) is 0 Å². The van der Waals surface area contributed by atoms with Crippen LogP contribution in [0, 0.1) is 5.92 Å². The van der Waals surface area contributed by atoms with Crippen LogP contribution in [0.3, 0.4) is 0 Å². The van der Waals surface area contributed by atoms with E-state index in [0.29, 0.717) is 24.4 Å². The molecule has 0 saturated carbocycles. The van der Waals surface area contributed by atoms with E-state index in [9.17, 15) is 13.2 Å². The number of anilines is 1. The molecule has 1 aliphatic heterocycles. The Hall–Kier alpha value is -1.01. The second-order valence-corrected chi connectivity index (χ2v) is 8.16. The number of para-hydroxylation sites is 1. The van der Waals surface area contributed by atoms with Crippen molar-refractivity contribution in [2.45, 2.75) is 30.4 Å². The number of hydrogen-bond acceptors (Lipinski definition) is 4. The van der Waals surface area contributed by atoms with E-state index in [-0.39, 0.29) is 16.7 Å². The Bertz CT molecular complexity index is 611. The van der Waals surface area contributed by atoms with Gasteiger partial charge in [0.25, 0.3) is 0 Å². The third-order valence-electron chi connectivity index (χ3n) is 3.55. The normalized spacial score (nSPS) is 19.9. The molecule has 1 atom stereocenters. The van der Waals surface area contributed by atoms with E-state index in [2.05, 4.69) is 12.6 Å². The molecule has 1 aliphatic rings. The van der Waals surface area contributed by atoms with Crippen molar-refractivity contribution in [1.82, 2.24) is 0 Å². The number of nitrogens with zero attached hydrogens (tertiary/aromatic N) is 1. The third kappa shape index (κ3) is 2.72. The minimum absolute atomic E-state index is 0.0320. The Morgan fingerprint density at radius 3 is 2.55 bits per heavy atom. The van der Waals surface area contributed by atoms with Crippen LogP contribution in [-0.4, -0.2) is 31.9 Å². The molecule has 0 radical (unpaired) electrons. The highest BCUT2D eigenvalue weighted by Gasteiger charge is 2.33. The number of carbonyl (C=O) groups excluding carboxylic acids is 1. The first kappa shape index (κ1) is 15.4. The zero-order valence-corrected chi connectivity index (χ0v) is 13.3. The lowest BCUT2D eigenvalue weighted by molar-refractivity contribution is -0.117. The Kier molecular flexibility index (Phi) is 4.44. The van der Waals surface area contributed by atoms with Crippen molar-refractivity contribution in [1.29, 1.82) is 0 Å². The van der Waals surface area contributed by atoms with Gasteiger partial charge in [0.05, 0.1) is 15.8 Å². The number of hydrogen-bond donors (Lipinski definition) is 1. The summed E-state index contributed by atoms with van der Waals surface area (Å²) in [5, 5.41) is -0.512. The Labute approximate surface area is 125 Å². The first-order valence-corrected chi connectivity index (χ1v) is 8.80. The molecule has 1 saturated heterocycles. The summed E-state index contributed by atoms with van der Waals surface area (Å²) >= 11 is 4.23. The van der Waals surface area contributed by atoms with Crippen molar-refractivity contribution in [3.63, 3.8) is 0 Å². The monoisotopic (exact) mass is 313 g/mol. The maximum Gasteiger partial charge on any atom is 0.227 e. The van der Waals surface area contributed by atoms with Crippen molar-refractivity contribution >= 4 is 34.1 Å². The first-order chi connectivity index (χ1) is 9.37. The highest BCUT2D eigenvalue weighted by molar-refractivity contribution is 7.92. The molecule has 1 fully saturated rings. The van der Waals surface area contributed by atoms with Gasteiger partial charge in [0, 0.05) is 13.0 Å². The molecule has 4 nitrogen and oxygen atoms in total. The molecule has 6 heteroatoms. The van der Waals surface area contributed by atoms with Crippen LogP contribution >= 0.6 is 12.6 Å². The van der Waals surface area contributed by atoms with Gasteiger partial charge in [0.2, 0.25) is 5.91 Å². The van der Waals surface area contributed by atoms with Crippen molar-refractivity contribution in [3.05, 3.63) is 24.3 Å². The average Bonchev–Trinajstić information content (AvgIpc) is 2.79. The SMILES string of the molecule is CC(C)S(=O)(=O)c1ccccc1N1CC(CS)CC1=O. The fourth-order valence-corrected chi connectivity index (χ4v) is 3.80. The van der Waals surface area contributed by atoms with E-state index in [1.807, 2.05) is 0 Å². The second-order valence-electron chi connectivity index (χ2n) is 5.32. The summed E-state index contributed by atoms with van der Waals surface area (Å²) in [6.07, 6.45) is 0.430. The van der Waals surface area contributed by atoms with Gasteiger partial charge in [-0.25, -0.2) is 8.42 Å². The van der Waals surface area contributed by atoms with Gasteiger partial charge in [-0.2, -0.15) is 12.6 Å². The topological polar surface area (TPSA) is 54.5 Å². The summed E-state index contributed by atoms with van der Waals surface area (Å²) in [7, 11) is -3.41. The summed E-state index contributed by atoms with van der Waals surface area (Å²) in [5.74, 6) is 0.775. The van der Waals surface area contributed by atoms with Gasteiger partial charge >= 0.3 is 0 Å². The summed E-state index contributed by atoms with van der Waals surface area (Å²) in [6.45, 7) is 3.83. The Balaban J connectivity index is 2.47. The van der Waals surface area contributed by atoms with E-state index >= 15 is 0 Å². The highest BCUT2D eigenvalue weighted by atomic mass is 32.2. The molecule has 0 bridgehead atoms. The van der Waals surface area contributed by atoms with E-state index in [1.54, 1.807) is 43.0 Å². The van der Waals surface area contributed by atoms with Crippen LogP contribution in [-0.2, 0) is 14.6 Å². The molecule has 2 rings (SSSR count). The predicted molar refractivity (Wildman–Crippen MR) is 83.1 cm³/mol. The molecule has 1 heterocycles. The third-order valence-corrected chi connectivity index (χ3v) is 6.26. The highest BCUT2D eigenvalue weighted by Crippen LogP contribution is 2.32. The van der Waals surface area contributed by atoms with Crippen molar-refractivity contribution in [2.75, 3.05) is 17.2 Å². The number of amides is 1. The second kappa shape index (κ2) is 5.77. The van der Waals surface area contributed by atoms with Crippen LogP contribution in [0.15, 0.2) is 29.2 Å². The van der Waals surface area contributed by atoms with Gasteiger partial charge in [0.1, 0.15) is 0 Å². The van der Waals surface area contributed by atoms with Gasteiger partial charge in [-0.1, -0.05) is 12.1 Å². The van der Waals surface area contributed by atoms with Gasteiger partial charge < -0.3 is 4.90 Å². The molecule has 1 unspecified atom stereocenters. The molecule has 0 spiro atoms. The van der Waals surface area contributed by atoms with Gasteiger partial charge in [-0.3, -0.25) is 4.79 Å². The van der Waals surface area contributed by atoms with Crippen LogP contribution in [0.5, 0.6) is 0 Å². The van der Waals surface area contributed by atoms with Crippen LogP contribution in [0.2, 0.25) is 0 Å². The number of rotatable bonds is 4. The average molecular weight is 313 g/mol. The largest absolute Gasteiger partial charge is 0.311 e. The van der Waals surface area contributed by atoms with E-state index in [0.717, 1.165) is 0 Å². The standard InChI is InChI=1S/C14H19NO3S2/c1-10(2)20(17,18)13-6-4-3-5-12(13)15-8-11(9-19)7-14(15)16/h3-6,10-11,19H,7-9H2,1-2H3. The molecule has 20 heavy (non-hydrogen) atoms. The fourth-order valence-electron chi connectivity index (χ4n) is 2.31. The van der Waals surface area contributed by atoms with Crippen molar-refractivity contribution in [3.8, 4) is 0 Å². The van der Waals surface area contributed by atoms with E-state index < -0.39 is 15.1 Å². The number of sulfone groups is 1. The molecular formula is C14H19NO3S2. The maximum atomic E-state index is 12.4. The first-order valence-electron chi connectivity index (χ1n) is 6.62. The van der Waals surface area contributed by atoms with Crippen molar-refractivity contribution < 1.29 is 13.2 Å². The summed E-state index contributed by atoms with van der Waals surface area (Å²) < 4.78 is 24.8.